The number of hydrogen-bond acceptors (Lipinski definition) is 6. The van der Waals surface area contributed by atoms with Crippen LogP contribution in [-0.2, 0) is 18.0 Å². The van der Waals surface area contributed by atoms with Crippen molar-refractivity contribution >= 4 is 57.2 Å². The fraction of sp³-hybridized carbons (Fsp3) is 0.174. The van der Waals surface area contributed by atoms with Gasteiger partial charge in [-0.2, -0.15) is 10.4 Å². The molecule has 0 unspecified atom stereocenters. The molecule has 0 amide bonds. The highest BCUT2D eigenvalue weighted by Crippen LogP contribution is 2.29. The number of aryl methyl sites for hydroxylation is 1. The molecule has 3 rings (SSSR count). The summed E-state index contributed by atoms with van der Waals surface area (Å²) < 4.78 is 26.6. The molecule has 6 nitrogen and oxygen atoms in total. The number of pyridine rings is 1. The lowest BCUT2D eigenvalue weighted by molar-refractivity contribution is 0.184. The molecule has 0 saturated heterocycles. The van der Waals surface area contributed by atoms with Gasteiger partial charge in [-0.15, -0.1) is 0 Å². The Bertz CT molecular complexity index is 1170. The van der Waals surface area contributed by atoms with Crippen molar-refractivity contribution in [1.29, 1.82) is 5.26 Å². The van der Waals surface area contributed by atoms with Gasteiger partial charge in [0.2, 0.25) is 0 Å². The maximum absolute atomic E-state index is 13.8. The van der Waals surface area contributed by atoms with E-state index in [2.05, 4.69) is 66.8 Å². The number of nitriles is 1. The predicted octanol–water partition coefficient (Wildman–Crippen LogP) is 5.78. The first kappa shape index (κ1) is 24.3. The van der Waals surface area contributed by atoms with Crippen LogP contribution in [0.3, 0.4) is 0 Å². The van der Waals surface area contributed by atoms with E-state index < -0.39 is 0 Å². The number of ether oxygens (including phenoxy) is 2. The van der Waals surface area contributed by atoms with Crippen LogP contribution in [0.1, 0.15) is 27.9 Å². The van der Waals surface area contributed by atoms with E-state index in [1.54, 1.807) is 31.5 Å². The largest absolute Gasteiger partial charge is 0.487 e. The molecule has 0 radical (unpaired) electrons. The number of methoxy groups -OCH3 is 1. The Morgan fingerprint density at radius 3 is 2.53 bits per heavy atom. The van der Waals surface area contributed by atoms with Gasteiger partial charge in [0, 0.05) is 23.9 Å². The Labute approximate surface area is 213 Å². The lowest BCUT2D eigenvalue weighted by atomic mass is 10.1. The van der Waals surface area contributed by atoms with Crippen molar-refractivity contribution in [3.8, 4) is 11.8 Å². The molecule has 164 valence electrons. The summed E-state index contributed by atoms with van der Waals surface area (Å²) in [5.74, 6) is 0.781. The molecule has 32 heavy (non-hydrogen) atoms. The Balaban J connectivity index is 1.75. The molecule has 0 atom stereocenters. The normalized spacial score (nSPS) is 10.9. The van der Waals surface area contributed by atoms with Crippen LogP contribution in [0.2, 0.25) is 0 Å². The molecule has 0 fully saturated rings. The number of nitrogens with one attached hydrogen (secondary N) is 1. The number of anilines is 1. The summed E-state index contributed by atoms with van der Waals surface area (Å²) in [5.41, 5.74) is 6.11. The first-order valence-corrected chi connectivity index (χ1v) is 11.6. The van der Waals surface area contributed by atoms with Gasteiger partial charge in [-0.05, 0) is 81.9 Å². The summed E-state index contributed by atoms with van der Waals surface area (Å²) in [4.78, 5) is 4.37. The van der Waals surface area contributed by atoms with Crippen LogP contribution in [-0.4, -0.2) is 18.3 Å². The van der Waals surface area contributed by atoms with Gasteiger partial charge in [0.25, 0.3) is 0 Å². The lowest BCUT2D eigenvalue weighted by Gasteiger charge is -2.12. The van der Waals surface area contributed by atoms with Crippen LogP contribution >= 0.6 is 45.2 Å². The van der Waals surface area contributed by atoms with Gasteiger partial charge in [0.05, 0.1) is 20.0 Å². The van der Waals surface area contributed by atoms with Crippen molar-refractivity contribution in [3.05, 3.63) is 83.4 Å². The van der Waals surface area contributed by atoms with E-state index in [0.29, 0.717) is 29.3 Å². The van der Waals surface area contributed by atoms with E-state index >= 15 is 0 Å². The maximum atomic E-state index is 13.8. The monoisotopic (exact) mass is 656 g/mol. The maximum Gasteiger partial charge on any atom is 0.164 e. The van der Waals surface area contributed by atoms with Crippen molar-refractivity contribution < 1.29 is 13.9 Å². The minimum Gasteiger partial charge on any atom is -0.487 e. The quantitative estimate of drug-likeness (QED) is 0.189. The third-order valence-electron chi connectivity index (χ3n) is 4.38. The SMILES string of the molecule is COCc1cc(C)nc(NN=Cc2cc(I)c(OCc3ccccc3F)c(I)c2)c1C#N. The van der Waals surface area contributed by atoms with Crippen LogP contribution in [0.4, 0.5) is 10.2 Å². The minimum atomic E-state index is -0.289. The number of hydrogen-bond donors (Lipinski definition) is 1. The van der Waals surface area contributed by atoms with Crippen molar-refractivity contribution in [3.63, 3.8) is 0 Å². The van der Waals surface area contributed by atoms with E-state index in [9.17, 15) is 9.65 Å². The van der Waals surface area contributed by atoms with E-state index in [1.165, 1.54) is 6.07 Å². The Morgan fingerprint density at radius 2 is 1.88 bits per heavy atom. The molecule has 0 aliphatic heterocycles. The first-order valence-electron chi connectivity index (χ1n) is 9.46. The van der Waals surface area contributed by atoms with Crippen LogP contribution in [0.5, 0.6) is 5.75 Å². The number of aromatic nitrogens is 1. The fourth-order valence-electron chi connectivity index (χ4n) is 2.94. The second kappa shape index (κ2) is 11.5. The zero-order valence-corrected chi connectivity index (χ0v) is 21.6. The molecule has 1 N–H and O–H groups in total. The van der Waals surface area contributed by atoms with Crippen LogP contribution < -0.4 is 10.2 Å². The Morgan fingerprint density at radius 1 is 1.16 bits per heavy atom. The summed E-state index contributed by atoms with van der Waals surface area (Å²) in [5, 5.41) is 13.8. The fourth-order valence-corrected chi connectivity index (χ4v) is 5.07. The lowest BCUT2D eigenvalue weighted by Crippen LogP contribution is -2.04. The molecule has 0 aliphatic carbocycles. The Hall–Kier alpha value is -2.30. The zero-order chi connectivity index (χ0) is 23.1. The average molecular weight is 656 g/mol. The van der Waals surface area contributed by atoms with Gasteiger partial charge in [0.1, 0.15) is 29.8 Å². The van der Waals surface area contributed by atoms with Gasteiger partial charge in [-0.1, -0.05) is 18.2 Å². The molecule has 2 aromatic carbocycles. The second-order valence-electron chi connectivity index (χ2n) is 6.75. The van der Waals surface area contributed by atoms with E-state index in [0.717, 1.165) is 24.0 Å². The number of nitrogens with zero attached hydrogens (tertiary/aromatic N) is 3. The third-order valence-corrected chi connectivity index (χ3v) is 5.98. The molecule has 9 heteroatoms. The second-order valence-corrected chi connectivity index (χ2v) is 9.08. The third kappa shape index (κ3) is 6.14. The zero-order valence-electron chi connectivity index (χ0n) is 17.3. The topological polar surface area (TPSA) is 79.5 Å². The molecule has 0 aliphatic rings. The molecule has 1 heterocycles. The van der Waals surface area contributed by atoms with Crippen molar-refractivity contribution in [2.75, 3.05) is 12.5 Å². The molecular formula is C23H19FI2N4O2. The van der Waals surface area contributed by atoms with E-state index in [1.807, 2.05) is 25.1 Å². The number of rotatable bonds is 8. The molecular weight excluding hydrogens is 637 g/mol. The summed E-state index contributed by atoms with van der Waals surface area (Å²) in [6.45, 7) is 2.31. The van der Waals surface area contributed by atoms with Gasteiger partial charge < -0.3 is 9.47 Å². The van der Waals surface area contributed by atoms with Crippen LogP contribution in [0.25, 0.3) is 0 Å². The first-order chi connectivity index (χ1) is 15.4. The minimum absolute atomic E-state index is 0.146. The summed E-state index contributed by atoms with van der Waals surface area (Å²) in [6, 6.07) is 14.4. The van der Waals surface area contributed by atoms with Crippen molar-refractivity contribution in [2.24, 2.45) is 5.10 Å². The molecule has 0 spiro atoms. The molecule has 0 saturated carbocycles. The highest BCUT2D eigenvalue weighted by molar-refractivity contribution is 14.1. The van der Waals surface area contributed by atoms with Crippen molar-refractivity contribution in [1.82, 2.24) is 4.98 Å². The average Bonchev–Trinajstić information content (AvgIpc) is 2.74. The number of halogens is 3. The summed E-state index contributed by atoms with van der Waals surface area (Å²) >= 11 is 4.36. The highest BCUT2D eigenvalue weighted by atomic mass is 127. The van der Waals surface area contributed by atoms with Gasteiger partial charge in [-0.25, -0.2) is 9.37 Å². The summed E-state index contributed by atoms with van der Waals surface area (Å²) in [7, 11) is 1.58. The smallest absolute Gasteiger partial charge is 0.164 e. The van der Waals surface area contributed by atoms with E-state index in [4.69, 9.17) is 9.47 Å². The van der Waals surface area contributed by atoms with Crippen molar-refractivity contribution in [2.45, 2.75) is 20.1 Å². The summed E-state index contributed by atoms with van der Waals surface area (Å²) in [6.07, 6.45) is 1.64. The Kier molecular flexibility index (Phi) is 8.77. The predicted molar refractivity (Wildman–Crippen MR) is 138 cm³/mol. The van der Waals surface area contributed by atoms with Crippen LogP contribution in [0.15, 0.2) is 47.6 Å². The van der Waals surface area contributed by atoms with Crippen LogP contribution in [0, 0.1) is 31.2 Å². The highest BCUT2D eigenvalue weighted by Gasteiger charge is 2.12. The van der Waals surface area contributed by atoms with Gasteiger partial charge in [-0.3, -0.25) is 5.43 Å². The van der Waals surface area contributed by atoms with Gasteiger partial charge in [0.15, 0.2) is 5.82 Å². The van der Waals surface area contributed by atoms with E-state index in [-0.39, 0.29) is 12.4 Å². The molecule has 1 aromatic heterocycles. The van der Waals surface area contributed by atoms with Gasteiger partial charge >= 0.3 is 0 Å². The molecule has 3 aromatic rings. The number of hydrazone groups is 1. The standard InChI is InChI=1S/C23H19FI2N4O2/c1-14-7-17(12-31-2)18(10-27)23(29-14)30-28-11-15-8-20(25)22(21(26)9-15)32-13-16-5-3-4-6-19(16)24/h3-9,11H,12-13H2,1-2H3,(H,29,30). The molecule has 0 bridgehead atoms. The number of benzene rings is 2.